The van der Waals surface area contributed by atoms with Gasteiger partial charge in [-0.25, -0.2) is 10.9 Å². The Morgan fingerprint density at radius 3 is 2.76 bits per heavy atom. The zero-order valence-electron chi connectivity index (χ0n) is 11.2. The summed E-state index contributed by atoms with van der Waals surface area (Å²) in [7, 11) is 0. The van der Waals surface area contributed by atoms with Crippen molar-refractivity contribution in [2.24, 2.45) is 16.1 Å². The normalized spacial score (nSPS) is 18.6. The lowest BCUT2D eigenvalue weighted by Crippen LogP contribution is -2.32. The van der Waals surface area contributed by atoms with Gasteiger partial charge >= 0.3 is 0 Å². The Bertz CT molecular complexity index is 638. The molecule has 0 fully saturated rings. The van der Waals surface area contributed by atoms with Crippen LogP contribution in [0, 0.1) is 5.92 Å². The molecule has 1 atom stereocenters. The molecule has 108 valence electrons. The van der Waals surface area contributed by atoms with Crippen LogP contribution in [0.3, 0.4) is 0 Å². The summed E-state index contributed by atoms with van der Waals surface area (Å²) in [5.74, 6) is -1.37. The summed E-state index contributed by atoms with van der Waals surface area (Å²) in [6.45, 7) is 1.61. The summed E-state index contributed by atoms with van der Waals surface area (Å²) in [5.41, 5.74) is 5.71. The molecule has 1 aromatic carbocycles. The van der Waals surface area contributed by atoms with Crippen molar-refractivity contribution < 1.29 is 9.59 Å². The van der Waals surface area contributed by atoms with E-state index in [9.17, 15) is 9.59 Å². The Kier molecular flexibility index (Phi) is 4.99. The fraction of sp³-hybridized carbons (Fsp3) is 0.143. The Morgan fingerprint density at radius 1 is 1.43 bits per heavy atom. The molecular formula is C14H13BrN4O2. The first-order valence-electron chi connectivity index (χ1n) is 6.21. The van der Waals surface area contributed by atoms with Gasteiger partial charge in [-0.2, -0.15) is 10.2 Å². The maximum Gasteiger partial charge on any atom is 0.288 e. The molecule has 1 aliphatic rings. The van der Waals surface area contributed by atoms with Crippen molar-refractivity contribution >= 4 is 45.7 Å². The van der Waals surface area contributed by atoms with Crippen LogP contribution in [0.4, 0.5) is 0 Å². The first-order chi connectivity index (χ1) is 10.1. The van der Waals surface area contributed by atoms with Gasteiger partial charge in [0, 0.05) is 4.48 Å². The standard InChI is InChI=1S/C14H13BrN4O2/c1-9-12(17-19-13(9)20)14(21)18-16-8-11(15)7-10-5-3-2-4-6-10/h2-9H,1H3,(H,18,21)(H,19,20)/b11-7-,16-8+. The van der Waals surface area contributed by atoms with Crippen molar-refractivity contribution in [2.45, 2.75) is 6.92 Å². The number of allylic oxidation sites excluding steroid dienone is 1. The molecule has 2 amide bonds. The molecule has 1 aliphatic heterocycles. The molecule has 0 aromatic heterocycles. The third kappa shape index (κ3) is 4.09. The average Bonchev–Trinajstić information content (AvgIpc) is 2.80. The summed E-state index contributed by atoms with van der Waals surface area (Å²) < 4.78 is 0.699. The van der Waals surface area contributed by atoms with Gasteiger partial charge in [0.2, 0.25) is 5.91 Å². The molecular weight excluding hydrogens is 336 g/mol. The highest BCUT2D eigenvalue weighted by Crippen LogP contribution is 2.10. The van der Waals surface area contributed by atoms with Crippen molar-refractivity contribution in [3.8, 4) is 0 Å². The third-order valence-electron chi connectivity index (χ3n) is 2.78. The minimum Gasteiger partial charge on any atom is -0.272 e. The zero-order chi connectivity index (χ0) is 15.2. The number of hydrazone groups is 2. The first kappa shape index (κ1) is 15.1. The van der Waals surface area contributed by atoms with Crippen LogP contribution in [-0.4, -0.2) is 23.7 Å². The van der Waals surface area contributed by atoms with E-state index in [2.05, 4.69) is 37.0 Å². The van der Waals surface area contributed by atoms with E-state index >= 15 is 0 Å². The monoisotopic (exact) mass is 348 g/mol. The molecule has 6 nitrogen and oxygen atoms in total. The van der Waals surface area contributed by atoms with E-state index in [4.69, 9.17) is 0 Å². The van der Waals surface area contributed by atoms with E-state index in [1.54, 1.807) is 6.92 Å². The van der Waals surface area contributed by atoms with Crippen LogP contribution in [-0.2, 0) is 9.59 Å². The lowest BCUT2D eigenvalue weighted by atomic mass is 10.1. The minimum absolute atomic E-state index is 0.125. The third-order valence-corrected chi connectivity index (χ3v) is 3.21. The van der Waals surface area contributed by atoms with Gasteiger partial charge in [-0.1, -0.05) is 30.3 Å². The Labute approximate surface area is 130 Å². The molecule has 2 rings (SSSR count). The molecule has 0 bridgehead atoms. The van der Waals surface area contributed by atoms with Gasteiger partial charge in [0.1, 0.15) is 5.71 Å². The Hall–Kier alpha value is -2.28. The SMILES string of the molecule is CC1C(=O)NN=C1C(=O)N/N=C/C(Br)=C/c1ccccc1. The maximum atomic E-state index is 11.8. The Morgan fingerprint density at radius 2 is 2.14 bits per heavy atom. The van der Waals surface area contributed by atoms with Crippen molar-refractivity contribution in [1.82, 2.24) is 10.9 Å². The number of hydrogen-bond donors (Lipinski definition) is 2. The molecule has 1 aromatic rings. The van der Waals surface area contributed by atoms with E-state index in [-0.39, 0.29) is 11.6 Å². The van der Waals surface area contributed by atoms with Crippen molar-refractivity contribution in [3.63, 3.8) is 0 Å². The van der Waals surface area contributed by atoms with Crippen molar-refractivity contribution in [2.75, 3.05) is 0 Å². The van der Waals surface area contributed by atoms with Crippen LogP contribution in [0.1, 0.15) is 12.5 Å². The van der Waals surface area contributed by atoms with E-state index in [0.29, 0.717) is 4.48 Å². The number of amides is 2. The number of halogens is 1. The molecule has 0 saturated heterocycles. The van der Waals surface area contributed by atoms with Crippen molar-refractivity contribution in [3.05, 3.63) is 40.4 Å². The summed E-state index contributed by atoms with van der Waals surface area (Å²) in [6, 6.07) is 9.67. The number of hydrogen-bond acceptors (Lipinski definition) is 4. The fourth-order valence-electron chi connectivity index (χ4n) is 1.64. The molecule has 2 N–H and O–H groups in total. The van der Waals surface area contributed by atoms with Crippen LogP contribution >= 0.6 is 15.9 Å². The predicted octanol–water partition coefficient (Wildman–Crippen LogP) is 1.65. The largest absolute Gasteiger partial charge is 0.288 e. The second-order valence-corrected chi connectivity index (χ2v) is 5.25. The predicted molar refractivity (Wildman–Crippen MR) is 84.7 cm³/mol. The van der Waals surface area contributed by atoms with Crippen LogP contribution in [0.15, 0.2) is 45.0 Å². The molecule has 1 unspecified atom stereocenters. The van der Waals surface area contributed by atoms with E-state index < -0.39 is 11.8 Å². The summed E-state index contributed by atoms with van der Waals surface area (Å²) in [6.07, 6.45) is 3.32. The smallest absolute Gasteiger partial charge is 0.272 e. The van der Waals surface area contributed by atoms with Gasteiger partial charge in [-0.15, -0.1) is 0 Å². The molecule has 1 heterocycles. The molecule has 7 heteroatoms. The van der Waals surface area contributed by atoms with Crippen LogP contribution < -0.4 is 10.9 Å². The number of carbonyl (C=O) groups is 2. The quantitative estimate of drug-likeness (QED) is 0.640. The van der Waals surface area contributed by atoms with Gasteiger partial charge in [-0.3, -0.25) is 9.59 Å². The summed E-state index contributed by atoms with van der Waals surface area (Å²) in [4.78, 5) is 23.0. The molecule has 0 aliphatic carbocycles. The second kappa shape index (κ2) is 6.94. The minimum atomic E-state index is -0.566. The lowest BCUT2D eigenvalue weighted by Gasteiger charge is -2.01. The highest BCUT2D eigenvalue weighted by Gasteiger charge is 2.30. The summed E-state index contributed by atoms with van der Waals surface area (Å²) in [5, 5.41) is 7.48. The van der Waals surface area contributed by atoms with E-state index in [1.807, 2.05) is 36.4 Å². The van der Waals surface area contributed by atoms with Crippen LogP contribution in [0.25, 0.3) is 6.08 Å². The second-order valence-electron chi connectivity index (χ2n) is 4.33. The van der Waals surface area contributed by atoms with E-state index in [1.165, 1.54) is 6.21 Å². The van der Waals surface area contributed by atoms with Crippen LogP contribution in [0.5, 0.6) is 0 Å². The molecule has 0 spiro atoms. The first-order valence-corrected chi connectivity index (χ1v) is 7.00. The van der Waals surface area contributed by atoms with Crippen molar-refractivity contribution in [1.29, 1.82) is 0 Å². The maximum absolute atomic E-state index is 11.8. The van der Waals surface area contributed by atoms with Crippen LogP contribution in [0.2, 0.25) is 0 Å². The van der Waals surface area contributed by atoms with Gasteiger partial charge in [0.25, 0.3) is 5.91 Å². The van der Waals surface area contributed by atoms with E-state index in [0.717, 1.165) is 5.56 Å². The zero-order valence-corrected chi connectivity index (χ0v) is 12.8. The number of nitrogens with one attached hydrogen (secondary N) is 2. The molecule has 0 saturated carbocycles. The Balaban J connectivity index is 1.92. The molecule has 0 radical (unpaired) electrons. The number of rotatable bonds is 4. The number of benzene rings is 1. The average molecular weight is 349 g/mol. The number of carbonyl (C=O) groups excluding carboxylic acids is 2. The topological polar surface area (TPSA) is 82.9 Å². The highest BCUT2D eigenvalue weighted by atomic mass is 79.9. The van der Waals surface area contributed by atoms with Gasteiger partial charge in [-0.05, 0) is 34.5 Å². The van der Waals surface area contributed by atoms with Gasteiger partial charge < -0.3 is 0 Å². The van der Waals surface area contributed by atoms with Gasteiger partial charge in [0.05, 0.1) is 12.1 Å². The lowest BCUT2D eigenvalue weighted by molar-refractivity contribution is -0.122. The molecule has 21 heavy (non-hydrogen) atoms. The fourth-order valence-corrected chi connectivity index (χ4v) is 2.00. The number of nitrogens with zero attached hydrogens (tertiary/aromatic N) is 2. The van der Waals surface area contributed by atoms with Gasteiger partial charge in [0.15, 0.2) is 0 Å². The summed E-state index contributed by atoms with van der Waals surface area (Å²) >= 11 is 3.33. The highest BCUT2D eigenvalue weighted by molar-refractivity contribution is 9.12.